The number of hydrogen-bond acceptors (Lipinski definition) is 3. The van der Waals surface area contributed by atoms with Gasteiger partial charge in [-0.15, -0.1) is 5.54 Å². The number of aryl methyl sites for hydroxylation is 1. The number of aromatic nitrogens is 2. The molecule has 4 heteroatoms. The smallest absolute Gasteiger partial charge is 0.139 e. The zero-order valence-corrected chi connectivity index (χ0v) is 13.4. The number of rotatable bonds is 1. The third-order valence-electron chi connectivity index (χ3n) is 2.81. The molecule has 3 nitrogen and oxygen atoms in total. The molecule has 2 aromatic heterocycles. The van der Waals surface area contributed by atoms with E-state index in [1.807, 2.05) is 25.1 Å². The van der Waals surface area contributed by atoms with E-state index in [1.165, 1.54) is 0 Å². The summed E-state index contributed by atoms with van der Waals surface area (Å²) in [5.74, 6) is 3.70. The van der Waals surface area contributed by atoms with E-state index in [4.69, 9.17) is 5.73 Å². The van der Waals surface area contributed by atoms with Gasteiger partial charge in [0.25, 0.3) is 0 Å². The third-order valence-corrected chi connectivity index (χ3v) is 3.68. The van der Waals surface area contributed by atoms with Crippen molar-refractivity contribution in [2.45, 2.75) is 26.6 Å². The highest BCUT2D eigenvalue weighted by atomic mass is 28.3. The maximum Gasteiger partial charge on any atom is 0.139 e. The molecule has 0 spiro atoms. The summed E-state index contributed by atoms with van der Waals surface area (Å²) in [6.07, 6.45) is 3.55. The summed E-state index contributed by atoms with van der Waals surface area (Å²) in [6.45, 7) is 8.59. The first-order valence-corrected chi connectivity index (χ1v) is 10.1. The van der Waals surface area contributed by atoms with Gasteiger partial charge >= 0.3 is 0 Å². The summed E-state index contributed by atoms with van der Waals surface area (Å²) in [5.41, 5.74) is 13.2. The summed E-state index contributed by atoms with van der Waals surface area (Å²) in [7, 11) is -1.43. The second kappa shape index (κ2) is 5.47. The lowest BCUT2D eigenvalue weighted by molar-refractivity contribution is 1.20. The van der Waals surface area contributed by atoms with E-state index >= 15 is 0 Å². The zero-order chi connectivity index (χ0) is 14.8. The van der Waals surface area contributed by atoms with Gasteiger partial charge in [-0.1, -0.05) is 25.6 Å². The van der Waals surface area contributed by atoms with E-state index < -0.39 is 8.07 Å². The highest BCUT2D eigenvalue weighted by Gasteiger charge is 2.10. The van der Waals surface area contributed by atoms with Crippen molar-refractivity contribution >= 4 is 13.9 Å². The van der Waals surface area contributed by atoms with E-state index in [0.29, 0.717) is 5.82 Å². The predicted molar refractivity (Wildman–Crippen MR) is 86.8 cm³/mol. The Balaban J connectivity index is 2.53. The van der Waals surface area contributed by atoms with Crippen LogP contribution in [0.2, 0.25) is 19.6 Å². The van der Waals surface area contributed by atoms with Crippen molar-refractivity contribution in [2.24, 2.45) is 0 Å². The Morgan fingerprint density at radius 3 is 2.40 bits per heavy atom. The van der Waals surface area contributed by atoms with Gasteiger partial charge in [0.05, 0.1) is 5.56 Å². The van der Waals surface area contributed by atoms with Crippen LogP contribution in [-0.2, 0) is 0 Å². The lowest BCUT2D eigenvalue weighted by Crippen LogP contribution is -2.16. The minimum absolute atomic E-state index is 0.506. The molecule has 0 radical (unpaired) electrons. The topological polar surface area (TPSA) is 51.8 Å². The fourth-order valence-corrected chi connectivity index (χ4v) is 2.31. The van der Waals surface area contributed by atoms with Gasteiger partial charge in [0.1, 0.15) is 13.9 Å². The van der Waals surface area contributed by atoms with Crippen LogP contribution in [0.4, 0.5) is 5.82 Å². The van der Waals surface area contributed by atoms with Crippen LogP contribution < -0.4 is 5.73 Å². The molecule has 0 amide bonds. The summed E-state index contributed by atoms with van der Waals surface area (Å²) in [6, 6.07) is 5.96. The molecule has 0 saturated carbocycles. The maximum absolute atomic E-state index is 5.99. The van der Waals surface area contributed by atoms with Crippen LogP contribution >= 0.6 is 0 Å². The van der Waals surface area contributed by atoms with Gasteiger partial charge < -0.3 is 5.73 Å². The van der Waals surface area contributed by atoms with Crippen molar-refractivity contribution in [3.05, 3.63) is 41.9 Å². The van der Waals surface area contributed by atoms with E-state index in [1.54, 1.807) is 12.4 Å². The molecule has 2 heterocycles. The number of hydrogen-bond donors (Lipinski definition) is 1. The number of pyridine rings is 2. The van der Waals surface area contributed by atoms with Crippen molar-refractivity contribution in [2.75, 3.05) is 5.73 Å². The van der Waals surface area contributed by atoms with E-state index in [0.717, 1.165) is 22.4 Å². The summed E-state index contributed by atoms with van der Waals surface area (Å²) in [5, 5.41) is 0. The second-order valence-electron chi connectivity index (χ2n) is 5.79. The van der Waals surface area contributed by atoms with Crippen LogP contribution in [0.25, 0.3) is 11.1 Å². The molecule has 0 atom stereocenters. The summed E-state index contributed by atoms with van der Waals surface area (Å²) in [4.78, 5) is 8.46. The fourth-order valence-electron chi connectivity index (χ4n) is 1.80. The van der Waals surface area contributed by atoms with Crippen molar-refractivity contribution in [1.29, 1.82) is 0 Å². The van der Waals surface area contributed by atoms with E-state index in [9.17, 15) is 0 Å². The molecule has 2 N–H and O–H groups in total. The van der Waals surface area contributed by atoms with Gasteiger partial charge in [-0.2, -0.15) is 0 Å². The van der Waals surface area contributed by atoms with Gasteiger partial charge in [-0.3, -0.25) is 4.98 Å². The predicted octanol–water partition coefficient (Wildman–Crippen LogP) is 3.26. The standard InChI is InChI=1S/C16H19N3Si/c1-12-15(13-5-8-18-9-6-13)11-14(16(17)19-12)7-10-20(2,3)4/h5-6,8-9,11H,1-4H3,(H2,17,19). The molecule has 0 aliphatic heterocycles. The van der Waals surface area contributed by atoms with Crippen LogP contribution in [0.5, 0.6) is 0 Å². The molecule has 0 saturated heterocycles. The lowest BCUT2D eigenvalue weighted by Gasteiger charge is -2.09. The molecular formula is C16H19N3Si. The highest BCUT2D eigenvalue weighted by molar-refractivity contribution is 6.83. The first kappa shape index (κ1) is 14.3. The zero-order valence-electron chi connectivity index (χ0n) is 12.4. The van der Waals surface area contributed by atoms with Crippen molar-refractivity contribution < 1.29 is 0 Å². The normalized spacial score (nSPS) is 10.8. The Hall–Kier alpha value is -2.12. The third kappa shape index (κ3) is 3.46. The average Bonchev–Trinajstić information content (AvgIpc) is 2.37. The van der Waals surface area contributed by atoms with E-state index in [-0.39, 0.29) is 0 Å². The van der Waals surface area contributed by atoms with Crippen molar-refractivity contribution in [1.82, 2.24) is 9.97 Å². The van der Waals surface area contributed by atoms with Gasteiger partial charge in [-0.05, 0) is 30.7 Å². The molecular weight excluding hydrogens is 262 g/mol. The molecule has 0 aromatic carbocycles. The Morgan fingerprint density at radius 1 is 1.15 bits per heavy atom. The summed E-state index contributed by atoms with van der Waals surface area (Å²) < 4.78 is 0. The molecule has 2 aromatic rings. The Bertz CT molecular complexity index is 677. The quantitative estimate of drug-likeness (QED) is 0.645. The van der Waals surface area contributed by atoms with E-state index in [2.05, 4.69) is 41.1 Å². The maximum atomic E-state index is 5.99. The van der Waals surface area contributed by atoms with Gasteiger partial charge in [0.2, 0.25) is 0 Å². The van der Waals surface area contributed by atoms with Gasteiger partial charge in [-0.25, -0.2) is 4.98 Å². The summed E-state index contributed by atoms with van der Waals surface area (Å²) >= 11 is 0. The largest absolute Gasteiger partial charge is 0.383 e. The minimum Gasteiger partial charge on any atom is -0.383 e. The fraction of sp³-hybridized carbons (Fsp3) is 0.250. The molecule has 20 heavy (non-hydrogen) atoms. The number of nitrogens with two attached hydrogens (primary N) is 1. The van der Waals surface area contributed by atoms with Crippen LogP contribution in [0.3, 0.4) is 0 Å². The van der Waals surface area contributed by atoms with Crippen LogP contribution in [0.1, 0.15) is 11.3 Å². The Kier molecular flexibility index (Phi) is 3.91. The molecule has 0 bridgehead atoms. The van der Waals surface area contributed by atoms with Crippen LogP contribution in [0.15, 0.2) is 30.6 Å². The first-order valence-electron chi connectivity index (χ1n) is 6.57. The number of anilines is 1. The Labute approximate surface area is 121 Å². The number of nitrogens with zero attached hydrogens (tertiary/aromatic N) is 2. The molecule has 0 aliphatic carbocycles. The monoisotopic (exact) mass is 281 g/mol. The second-order valence-corrected chi connectivity index (χ2v) is 10.5. The van der Waals surface area contributed by atoms with Crippen molar-refractivity contribution in [3.63, 3.8) is 0 Å². The molecule has 102 valence electrons. The van der Waals surface area contributed by atoms with Crippen molar-refractivity contribution in [3.8, 4) is 22.6 Å². The lowest BCUT2D eigenvalue weighted by atomic mass is 10.0. The Morgan fingerprint density at radius 2 is 1.80 bits per heavy atom. The molecule has 2 rings (SSSR count). The molecule has 0 unspecified atom stereocenters. The molecule has 0 fully saturated rings. The van der Waals surface area contributed by atoms with Crippen LogP contribution in [0, 0.1) is 18.4 Å². The SMILES string of the molecule is Cc1nc(N)c(C#C[Si](C)(C)C)cc1-c1ccncc1. The van der Waals surface area contributed by atoms with Crippen LogP contribution in [-0.4, -0.2) is 18.0 Å². The minimum atomic E-state index is -1.43. The average molecular weight is 281 g/mol. The highest BCUT2D eigenvalue weighted by Crippen LogP contribution is 2.24. The first-order chi connectivity index (χ1) is 9.37. The van der Waals surface area contributed by atoms with Gasteiger partial charge in [0, 0.05) is 23.7 Å². The molecule has 0 aliphatic rings. The van der Waals surface area contributed by atoms with Gasteiger partial charge in [0.15, 0.2) is 0 Å². The number of nitrogen functional groups attached to an aromatic ring is 1.